The van der Waals surface area contributed by atoms with E-state index in [0.29, 0.717) is 11.6 Å². The Morgan fingerprint density at radius 3 is 2.28 bits per heavy atom. The number of carbonyl (C=O) groups is 1. The molecule has 0 aliphatic heterocycles. The van der Waals surface area contributed by atoms with Gasteiger partial charge in [-0.25, -0.2) is 9.48 Å². The molecule has 1 rings (SSSR count). The van der Waals surface area contributed by atoms with E-state index < -0.39 is 5.97 Å². The first kappa shape index (κ1) is 14.7. The number of nitrogens with zero attached hydrogens (tertiary/aromatic N) is 3. The summed E-state index contributed by atoms with van der Waals surface area (Å²) < 4.78 is 1.76. The zero-order chi connectivity index (χ0) is 13.9. The number of carboxylic acid groups (broad SMARTS) is 1. The lowest BCUT2D eigenvalue weighted by Gasteiger charge is -2.22. The Hall–Kier alpha value is -1.39. The second kappa shape index (κ2) is 5.50. The molecule has 18 heavy (non-hydrogen) atoms. The summed E-state index contributed by atoms with van der Waals surface area (Å²) in [5.74, 6) is -0.495. The van der Waals surface area contributed by atoms with E-state index in [0.717, 1.165) is 19.4 Å². The van der Waals surface area contributed by atoms with E-state index in [1.165, 1.54) is 0 Å². The minimum Gasteiger partial charge on any atom is -0.476 e. The van der Waals surface area contributed by atoms with Crippen molar-refractivity contribution < 1.29 is 9.90 Å². The normalized spacial score (nSPS) is 12.1. The Morgan fingerprint density at radius 1 is 1.33 bits per heavy atom. The highest BCUT2D eigenvalue weighted by Gasteiger charge is 2.29. The molecule has 1 N–H and O–H groups in total. The molecule has 0 saturated carbocycles. The van der Waals surface area contributed by atoms with E-state index in [1.807, 2.05) is 20.8 Å². The van der Waals surface area contributed by atoms with Gasteiger partial charge in [0.25, 0.3) is 0 Å². The Bertz CT molecular complexity index is 414. The van der Waals surface area contributed by atoms with Gasteiger partial charge in [0.05, 0.1) is 5.69 Å². The molecule has 0 bridgehead atoms. The predicted molar refractivity (Wildman–Crippen MR) is 69.8 cm³/mol. The summed E-state index contributed by atoms with van der Waals surface area (Å²) in [6, 6.07) is 0. The summed E-state index contributed by atoms with van der Waals surface area (Å²) in [5, 5.41) is 17.0. The number of hydrogen-bond donors (Lipinski definition) is 1. The van der Waals surface area contributed by atoms with Gasteiger partial charge in [-0.05, 0) is 5.92 Å². The van der Waals surface area contributed by atoms with E-state index in [1.54, 1.807) is 4.68 Å². The highest BCUT2D eigenvalue weighted by Crippen LogP contribution is 2.26. The Kier molecular flexibility index (Phi) is 4.48. The number of rotatable bonds is 5. The Labute approximate surface area is 108 Å². The van der Waals surface area contributed by atoms with Crippen LogP contribution in [0.1, 0.15) is 63.6 Å². The number of aromatic carboxylic acids is 1. The van der Waals surface area contributed by atoms with E-state index in [4.69, 9.17) is 0 Å². The van der Waals surface area contributed by atoms with Crippen LogP contribution in [0, 0.1) is 5.92 Å². The van der Waals surface area contributed by atoms with Gasteiger partial charge in [-0.2, -0.15) is 0 Å². The highest BCUT2D eigenvalue weighted by molar-refractivity contribution is 5.86. The quantitative estimate of drug-likeness (QED) is 0.876. The third kappa shape index (κ3) is 3.09. The van der Waals surface area contributed by atoms with Crippen LogP contribution in [0.2, 0.25) is 0 Å². The summed E-state index contributed by atoms with van der Waals surface area (Å²) in [5.41, 5.74) is 0.513. The van der Waals surface area contributed by atoms with Gasteiger partial charge < -0.3 is 5.11 Å². The molecule has 0 radical (unpaired) electrons. The average molecular weight is 253 g/mol. The second-order valence-corrected chi connectivity index (χ2v) is 5.71. The fraction of sp³-hybridized carbons (Fsp3) is 0.769. The minimum atomic E-state index is -1.00. The van der Waals surface area contributed by atoms with Crippen molar-refractivity contribution in [2.75, 3.05) is 0 Å². The number of carboxylic acids is 1. The molecule has 102 valence electrons. The van der Waals surface area contributed by atoms with Gasteiger partial charge in [-0.15, -0.1) is 5.10 Å². The van der Waals surface area contributed by atoms with Crippen LogP contribution >= 0.6 is 0 Å². The molecule has 1 heterocycles. The van der Waals surface area contributed by atoms with E-state index >= 15 is 0 Å². The van der Waals surface area contributed by atoms with E-state index in [-0.39, 0.29) is 11.1 Å². The molecular formula is C13H23N3O2. The molecule has 1 aromatic heterocycles. The van der Waals surface area contributed by atoms with Gasteiger partial charge in [-0.1, -0.05) is 52.7 Å². The molecule has 0 fully saturated rings. The fourth-order valence-electron chi connectivity index (χ4n) is 2.12. The van der Waals surface area contributed by atoms with Crippen molar-refractivity contribution in [2.24, 2.45) is 5.92 Å². The molecule has 0 atom stereocenters. The molecule has 5 heteroatoms. The third-order valence-electron chi connectivity index (χ3n) is 3.23. The summed E-state index contributed by atoms with van der Waals surface area (Å²) in [4.78, 5) is 11.2. The van der Waals surface area contributed by atoms with Crippen LogP contribution in [0.15, 0.2) is 0 Å². The van der Waals surface area contributed by atoms with Crippen molar-refractivity contribution in [1.29, 1.82) is 0 Å². The van der Waals surface area contributed by atoms with E-state index in [9.17, 15) is 9.90 Å². The van der Waals surface area contributed by atoms with Crippen LogP contribution in [0.3, 0.4) is 0 Å². The van der Waals surface area contributed by atoms with Crippen LogP contribution in [-0.4, -0.2) is 26.1 Å². The number of aromatic nitrogens is 3. The van der Waals surface area contributed by atoms with E-state index in [2.05, 4.69) is 24.2 Å². The number of hydrogen-bond acceptors (Lipinski definition) is 3. The van der Waals surface area contributed by atoms with Gasteiger partial charge in [0.2, 0.25) is 0 Å². The summed E-state index contributed by atoms with van der Waals surface area (Å²) >= 11 is 0. The van der Waals surface area contributed by atoms with Crippen molar-refractivity contribution in [2.45, 2.75) is 59.4 Å². The first-order chi connectivity index (χ1) is 8.31. The van der Waals surface area contributed by atoms with Crippen molar-refractivity contribution in [1.82, 2.24) is 15.0 Å². The maximum absolute atomic E-state index is 11.2. The summed E-state index contributed by atoms with van der Waals surface area (Å²) in [6.45, 7) is 11.0. The molecule has 0 aliphatic rings. The lowest BCUT2D eigenvalue weighted by Crippen LogP contribution is -2.24. The van der Waals surface area contributed by atoms with Crippen molar-refractivity contribution in [3.63, 3.8) is 0 Å². The van der Waals surface area contributed by atoms with Crippen LogP contribution in [-0.2, 0) is 12.0 Å². The Morgan fingerprint density at radius 2 is 1.89 bits per heavy atom. The van der Waals surface area contributed by atoms with Gasteiger partial charge in [-0.3, -0.25) is 0 Å². The van der Waals surface area contributed by atoms with Gasteiger partial charge in [0.15, 0.2) is 5.69 Å². The first-order valence-electron chi connectivity index (χ1n) is 6.48. The lowest BCUT2D eigenvalue weighted by atomic mass is 9.90. The Balaban J connectivity index is 3.17. The van der Waals surface area contributed by atoms with Crippen molar-refractivity contribution in [3.05, 3.63) is 11.4 Å². The van der Waals surface area contributed by atoms with Crippen LogP contribution in [0.25, 0.3) is 0 Å². The molecule has 0 aliphatic carbocycles. The molecule has 0 aromatic carbocycles. The van der Waals surface area contributed by atoms with Gasteiger partial charge in [0, 0.05) is 12.0 Å². The fourth-order valence-corrected chi connectivity index (χ4v) is 2.12. The van der Waals surface area contributed by atoms with Crippen molar-refractivity contribution >= 4 is 5.97 Å². The van der Waals surface area contributed by atoms with Gasteiger partial charge in [0.1, 0.15) is 0 Å². The standard InChI is InChI=1S/C13H23N3O2/c1-6-9(7-2)8-16-11(13(3,4)5)10(12(17)18)14-15-16/h9H,6-8H2,1-5H3,(H,17,18). The molecule has 1 aromatic rings. The zero-order valence-electron chi connectivity index (χ0n) is 11.9. The first-order valence-corrected chi connectivity index (χ1v) is 6.48. The smallest absolute Gasteiger partial charge is 0.358 e. The molecule has 0 unspecified atom stereocenters. The minimum absolute atomic E-state index is 0.0773. The van der Waals surface area contributed by atoms with Crippen molar-refractivity contribution in [3.8, 4) is 0 Å². The molecule has 0 spiro atoms. The average Bonchev–Trinajstić information content (AvgIpc) is 2.69. The largest absolute Gasteiger partial charge is 0.476 e. The maximum Gasteiger partial charge on any atom is 0.358 e. The van der Waals surface area contributed by atoms with Crippen LogP contribution < -0.4 is 0 Å². The lowest BCUT2D eigenvalue weighted by molar-refractivity contribution is 0.0687. The predicted octanol–water partition coefficient (Wildman–Crippen LogP) is 2.71. The molecule has 5 nitrogen and oxygen atoms in total. The zero-order valence-corrected chi connectivity index (χ0v) is 11.9. The van der Waals surface area contributed by atoms with Gasteiger partial charge >= 0.3 is 5.97 Å². The third-order valence-corrected chi connectivity index (χ3v) is 3.23. The molecular weight excluding hydrogens is 230 g/mol. The van der Waals surface area contributed by atoms with Crippen LogP contribution in [0.4, 0.5) is 0 Å². The molecule has 0 amide bonds. The highest BCUT2D eigenvalue weighted by atomic mass is 16.4. The topological polar surface area (TPSA) is 68.0 Å². The summed E-state index contributed by atoms with van der Waals surface area (Å²) in [6.07, 6.45) is 2.12. The van der Waals surface area contributed by atoms with Crippen LogP contribution in [0.5, 0.6) is 0 Å². The maximum atomic E-state index is 11.2. The summed E-state index contributed by atoms with van der Waals surface area (Å²) in [7, 11) is 0. The SMILES string of the molecule is CCC(CC)Cn1nnc(C(=O)O)c1C(C)(C)C. The second-order valence-electron chi connectivity index (χ2n) is 5.71. The molecule has 0 saturated heterocycles. The monoisotopic (exact) mass is 253 g/mol.